The first-order chi connectivity index (χ1) is 11.9. The van der Waals surface area contributed by atoms with Gasteiger partial charge in [0.15, 0.2) is 0 Å². The van der Waals surface area contributed by atoms with Gasteiger partial charge in [0, 0.05) is 25.8 Å². The molecule has 1 atom stereocenters. The molecule has 4 heteroatoms. The molecule has 0 radical (unpaired) electrons. The molecule has 0 heterocycles. The fourth-order valence-electron chi connectivity index (χ4n) is 2.51. The third-order valence-corrected chi connectivity index (χ3v) is 3.93. The number of rotatable bonds is 7. The van der Waals surface area contributed by atoms with Gasteiger partial charge in [-0.05, 0) is 48.4 Å². The van der Waals surface area contributed by atoms with Crippen LogP contribution in [0.1, 0.15) is 24.1 Å². The third kappa shape index (κ3) is 5.11. The summed E-state index contributed by atoms with van der Waals surface area (Å²) in [6.45, 7) is 6.12. The number of allylic oxidation sites excluding steroid dienone is 1. The maximum Gasteiger partial charge on any atom is 0.142 e. The molecule has 2 aromatic carbocycles. The number of methoxy groups -OCH3 is 1. The zero-order valence-electron chi connectivity index (χ0n) is 15.2. The van der Waals surface area contributed by atoms with E-state index in [0.717, 1.165) is 28.3 Å². The molecular formula is C21H25FN2O. The largest absolute Gasteiger partial charge is 0.495 e. The van der Waals surface area contributed by atoms with E-state index in [0.29, 0.717) is 0 Å². The molecule has 0 amide bonds. The van der Waals surface area contributed by atoms with Crippen molar-refractivity contribution in [2.75, 3.05) is 26.1 Å². The Morgan fingerprint density at radius 3 is 2.48 bits per heavy atom. The molecule has 2 aromatic rings. The van der Waals surface area contributed by atoms with Crippen LogP contribution < -0.4 is 15.0 Å². The van der Waals surface area contributed by atoms with Gasteiger partial charge in [-0.25, -0.2) is 4.39 Å². The molecule has 3 nitrogen and oxygen atoms in total. The molecule has 0 saturated heterocycles. The number of nitrogens with one attached hydrogen (secondary N) is 1. The van der Waals surface area contributed by atoms with Crippen molar-refractivity contribution in [1.29, 1.82) is 0 Å². The van der Waals surface area contributed by atoms with Crippen LogP contribution in [-0.2, 0) is 0 Å². The average Bonchev–Trinajstić information content (AvgIpc) is 2.60. The molecule has 1 unspecified atom stereocenters. The van der Waals surface area contributed by atoms with E-state index in [4.69, 9.17) is 4.74 Å². The summed E-state index contributed by atoms with van der Waals surface area (Å²) in [7, 11) is 5.65. The van der Waals surface area contributed by atoms with E-state index in [9.17, 15) is 4.39 Å². The zero-order chi connectivity index (χ0) is 18.4. The van der Waals surface area contributed by atoms with E-state index >= 15 is 0 Å². The van der Waals surface area contributed by atoms with Crippen molar-refractivity contribution < 1.29 is 9.13 Å². The summed E-state index contributed by atoms with van der Waals surface area (Å²) in [5.41, 5.74) is 3.89. The second-order valence-corrected chi connectivity index (χ2v) is 6.10. The fraction of sp³-hybridized carbons (Fsp3) is 0.238. The Kier molecular flexibility index (Phi) is 6.23. The summed E-state index contributed by atoms with van der Waals surface area (Å²) in [4.78, 5) is 2.03. The van der Waals surface area contributed by atoms with Gasteiger partial charge < -0.3 is 15.0 Å². The highest BCUT2D eigenvalue weighted by molar-refractivity contribution is 5.59. The zero-order valence-corrected chi connectivity index (χ0v) is 15.2. The summed E-state index contributed by atoms with van der Waals surface area (Å²) < 4.78 is 18.3. The monoisotopic (exact) mass is 340 g/mol. The molecule has 0 spiro atoms. The predicted molar refractivity (Wildman–Crippen MR) is 103 cm³/mol. The van der Waals surface area contributed by atoms with E-state index in [1.54, 1.807) is 19.2 Å². The summed E-state index contributed by atoms with van der Waals surface area (Å²) in [5.74, 6) is 0.606. The molecule has 0 fully saturated rings. The number of anilines is 1. The van der Waals surface area contributed by atoms with Gasteiger partial charge in [-0.3, -0.25) is 0 Å². The molecule has 0 aliphatic rings. The quantitative estimate of drug-likeness (QED) is 0.734. The van der Waals surface area contributed by atoms with Crippen LogP contribution in [0.25, 0.3) is 6.08 Å². The summed E-state index contributed by atoms with van der Waals surface area (Å²) in [5, 5.41) is 3.37. The number of hydrogen-bond donors (Lipinski definition) is 1. The smallest absolute Gasteiger partial charge is 0.142 e. The van der Waals surface area contributed by atoms with Crippen LogP contribution in [0.3, 0.4) is 0 Å². The normalized spacial score (nSPS) is 12.0. The maximum atomic E-state index is 12.9. The van der Waals surface area contributed by atoms with Crippen molar-refractivity contribution in [3.63, 3.8) is 0 Å². The molecule has 0 aliphatic carbocycles. The predicted octanol–water partition coefficient (Wildman–Crippen LogP) is 4.78. The molecule has 25 heavy (non-hydrogen) atoms. The number of ether oxygens (including phenoxy) is 1. The first-order valence-corrected chi connectivity index (χ1v) is 8.15. The Morgan fingerprint density at radius 2 is 1.88 bits per heavy atom. The first kappa shape index (κ1) is 18.6. The average molecular weight is 340 g/mol. The van der Waals surface area contributed by atoms with Gasteiger partial charge in [0.05, 0.1) is 12.8 Å². The van der Waals surface area contributed by atoms with Gasteiger partial charge in [-0.1, -0.05) is 30.9 Å². The lowest BCUT2D eigenvalue weighted by Gasteiger charge is -2.21. The van der Waals surface area contributed by atoms with E-state index in [1.165, 1.54) is 12.1 Å². The van der Waals surface area contributed by atoms with Gasteiger partial charge in [0.2, 0.25) is 0 Å². The molecule has 2 rings (SSSR count). The summed E-state index contributed by atoms with van der Waals surface area (Å²) in [6, 6.07) is 12.6. The first-order valence-electron chi connectivity index (χ1n) is 8.15. The maximum absolute atomic E-state index is 12.9. The Morgan fingerprint density at radius 1 is 1.20 bits per heavy atom. The van der Waals surface area contributed by atoms with Crippen molar-refractivity contribution in [3.05, 3.63) is 77.8 Å². The highest BCUT2D eigenvalue weighted by Crippen LogP contribution is 2.30. The van der Waals surface area contributed by atoms with Crippen LogP contribution in [0.5, 0.6) is 5.75 Å². The van der Waals surface area contributed by atoms with Crippen LogP contribution in [0.4, 0.5) is 10.1 Å². The van der Waals surface area contributed by atoms with Crippen LogP contribution in [-0.4, -0.2) is 21.2 Å². The van der Waals surface area contributed by atoms with Crippen LogP contribution in [0.2, 0.25) is 0 Å². The SMILES string of the molecule is C=C(/C=C/c1ccc(F)cc1)NC(C)c1ccc(OC)c(N(C)C)c1. The lowest BCUT2D eigenvalue weighted by atomic mass is 10.1. The van der Waals surface area contributed by atoms with Crippen molar-refractivity contribution >= 4 is 11.8 Å². The molecule has 0 aliphatic heterocycles. The second kappa shape index (κ2) is 8.38. The molecule has 1 N–H and O–H groups in total. The molecule has 0 bridgehead atoms. The second-order valence-electron chi connectivity index (χ2n) is 6.10. The Hall–Kier alpha value is -2.75. The highest BCUT2D eigenvalue weighted by atomic mass is 19.1. The minimum absolute atomic E-state index is 0.0926. The van der Waals surface area contributed by atoms with Crippen molar-refractivity contribution in [2.24, 2.45) is 0 Å². The molecule has 0 aromatic heterocycles. The summed E-state index contributed by atoms with van der Waals surface area (Å²) >= 11 is 0. The van der Waals surface area contributed by atoms with Crippen molar-refractivity contribution in [3.8, 4) is 5.75 Å². The van der Waals surface area contributed by atoms with Crippen LogP contribution >= 0.6 is 0 Å². The minimum atomic E-state index is -0.237. The standard InChI is InChI=1S/C21H25FN2O/c1-15(6-7-17-8-11-19(22)12-9-17)23-16(2)18-10-13-21(25-5)20(14-18)24(3)4/h6-14,16,23H,1H2,2-5H3/b7-6+. The van der Waals surface area contributed by atoms with Crippen LogP contribution in [0.15, 0.2) is 60.8 Å². The molecule has 132 valence electrons. The van der Waals surface area contributed by atoms with E-state index < -0.39 is 0 Å². The number of nitrogens with zero attached hydrogens (tertiary/aromatic N) is 1. The van der Waals surface area contributed by atoms with Crippen LogP contribution in [0, 0.1) is 5.82 Å². The number of halogens is 1. The lowest BCUT2D eigenvalue weighted by molar-refractivity contribution is 0.415. The topological polar surface area (TPSA) is 24.5 Å². The molecule has 0 saturated carbocycles. The third-order valence-electron chi connectivity index (χ3n) is 3.93. The van der Waals surface area contributed by atoms with Crippen molar-refractivity contribution in [2.45, 2.75) is 13.0 Å². The van der Waals surface area contributed by atoms with E-state index in [1.807, 2.05) is 43.3 Å². The van der Waals surface area contributed by atoms with E-state index in [2.05, 4.69) is 24.9 Å². The Labute approximate surface area is 149 Å². The fourth-order valence-corrected chi connectivity index (χ4v) is 2.51. The van der Waals surface area contributed by atoms with Gasteiger partial charge in [-0.15, -0.1) is 0 Å². The number of benzene rings is 2. The van der Waals surface area contributed by atoms with Gasteiger partial charge in [0.25, 0.3) is 0 Å². The Bertz CT molecular complexity index is 751. The van der Waals surface area contributed by atoms with Crippen molar-refractivity contribution in [1.82, 2.24) is 5.32 Å². The van der Waals surface area contributed by atoms with Gasteiger partial charge >= 0.3 is 0 Å². The minimum Gasteiger partial charge on any atom is -0.495 e. The Balaban J connectivity index is 2.05. The van der Waals surface area contributed by atoms with Gasteiger partial charge in [-0.2, -0.15) is 0 Å². The lowest BCUT2D eigenvalue weighted by Crippen LogP contribution is -2.17. The van der Waals surface area contributed by atoms with Gasteiger partial charge in [0.1, 0.15) is 11.6 Å². The molecular weight excluding hydrogens is 315 g/mol. The number of hydrogen-bond acceptors (Lipinski definition) is 3. The van der Waals surface area contributed by atoms with E-state index in [-0.39, 0.29) is 11.9 Å². The highest BCUT2D eigenvalue weighted by Gasteiger charge is 2.11. The summed E-state index contributed by atoms with van der Waals surface area (Å²) in [6.07, 6.45) is 3.79.